The van der Waals surface area contributed by atoms with Crippen molar-refractivity contribution >= 4 is 5.91 Å². The van der Waals surface area contributed by atoms with E-state index in [0.29, 0.717) is 12.2 Å². The van der Waals surface area contributed by atoms with Crippen molar-refractivity contribution in [1.82, 2.24) is 4.90 Å². The smallest absolute Gasteiger partial charge is 0.263 e. The minimum absolute atomic E-state index is 0.131. The topological polar surface area (TPSA) is 70.0 Å². The van der Waals surface area contributed by atoms with Crippen LogP contribution in [0.15, 0.2) is 30.3 Å². The Bertz CT molecular complexity index is 363. The van der Waals surface area contributed by atoms with Crippen LogP contribution in [0.25, 0.3) is 0 Å². The molecule has 0 radical (unpaired) electrons. The van der Waals surface area contributed by atoms with E-state index in [1.807, 2.05) is 25.1 Å². The van der Waals surface area contributed by atoms with Gasteiger partial charge in [-0.3, -0.25) is 4.79 Å². The van der Waals surface area contributed by atoms with Crippen molar-refractivity contribution in [1.29, 1.82) is 0 Å². The Morgan fingerprint density at radius 1 is 1.21 bits per heavy atom. The van der Waals surface area contributed by atoms with Gasteiger partial charge in [-0.25, -0.2) is 0 Å². The number of benzene rings is 1. The molecule has 1 aromatic carbocycles. The SMILES string of the molecule is CCC(Oc1ccccc1)C(=O)N(CCO)CCO. The molecule has 19 heavy (non-hydrogen) atoms. The molecule has 1 unspecified atom stereocenters. The Balaban J connectivity index is 2.69. The zero-order valence-corrected chi connectivity index (χ0v) is 11.2. The number of hydrogen-bond donors (Lipinski definition) is 2. The van der Waals surface area contributed by atoms with Crippen LogP contribution in [-0.4, -0.2) is 53.4 Å². The lowest BCUT2D eigenvalue weighted by atomic mass is 10.2. The quantitative estimate of drug-likeness (QED) is 0.726. The lowest BCUT2D eigenvalue weighted by molar-refractivity contribution is -0.139. The zero-order chi connectivity index (χ0) is 14.1. The average molecular weight is 267 g/mol. The fourth-order valence-electron chi connectivity index (χ4n) is 1.75. The first-order valence-corrected chi connectivity index (χ1v) is 6.45. The van der Waals surface area contributed by atoms with Crippen molar-refractivity contribution in [3.8, 4) is 5.75 Å². The summed E-state index contributed by atoms with van der Waals surface area (Å²) in [4.78, 5) is 13.7. The molecule has 0 aliphatic rings. The van der Waals surface area contributed by atoms with Crippen LogP contribution >= 0.6 is 0 Å². The van der Waals surface area contributed by atoms with E-state index in [4.69, 9.17) is 14.9 Å². The lowest BCUT2D eigenvalue weighted by Gasteiger charge is -2.26. The normalized spacial score (nSPS) is 11.9. The van der Waals surface area contributed by atoms with Gasteiger partial charge in [0.15, 0.2) is 6.10 Å². The standard InChI is InChI=1S/C14H21NO4/c1-2-13(19-12-6-4-3-5-7-12)14(18)15(8-10-16)9-11-17/h3-7,13,16-17H,2,8-11H2,1H3. The number of nitrogens with zero attached hydrogens (tertiary/aromatic N) is 1. The van der Waals surface area contributed by atoms with Crippen molar-refractivity contribution in [3.63, 3.8) is 0 Å². The van der Waals surface area contributed by atoms with Crippen molar-refractivity contribution < 1.29 is 19.7 Å². The first-order chi connectivity index (χ1) is 9.22. The molecule has 1 rings (SSSR count). The number of aliphatic hydroxyl groups is 2. The Morgan fingerprint density at radius 3 is 2.26 bits per heavy atom. The second-order valence-electron chi connectivity index (χ2n) is 4.10. The highest BCUT2D eigenvalue weighted by Gasteiger charge is 2.23. The van der Waals surface area contributed by atoms with E-state index in [-0.39, 0.29) is 32.2 Å². The number of aliphatic hydroxyl groups excluding tert-OH is 2. The highest BCUT2D eigenvalue weighted by molar-refractivity contribution is 5.81. The van der Waals surface area contributed by atoms with E-state index < -0.39 is 6.10 Å². The third-order valence-corrected chi connectivity index (χ3v) is 2.72. The van der Waals surface area contributed by atoms with Gasteiger partial charge in [-0.1, -0.05) is 25.1 Å². The fraction of sp³-hybridized carbons (Fsp3) is 0.500. The van der Waals surface area contributed by atoms with Crippen molar-refractivity contribution in [2.24, 2.45) is 0 Å². The maximum atomic E-state index is 12.2. The minimum Gasteiger partial charge on any atom is -0.481 e. The largest absolute Gasteiger partial charge is 0.481 e. The van der Waals surface area contributed by atoms with E-state index in [1.165, 1.54) is 4.90 Å². The summed E-state index contributed by atoms with van der Waals surface area (Å²) in [6.45, 7) is 2.00. The molecule has 0 saturated carbocycles. The van der Waals surface area contributed by atoms with E-state index in [9.17, 15) is 4.79 Å². The van der Waals surface area contributed by atoms with Crippen molar-refractivity contribution in [2.45, 2.75) is 19.4 Å². The predicted octanol–water partition coefficient (Wildman–Crippen LogP) is 0.657. The predicted molar refractivity (Wildman–Crippen MR) is 71.9 cm³/mol. The highest BCUT2D eigenvalue weighted by Crippen LogP contribution is 2.14. The molecule has 0 saturated heterocycles. The molecule has 5 heteroatoms. The molecule has 0 heterocycles. The molecule has 1 aromatic rings. The monoisotopic (exact) mass is 267 g/mol. The van der Waals surface area contributed by atoms with Gasteiger partial charge in [0.1, 0.15) is 5.75 Å². The van der Waals surface area contributed by atoms with Crippen LogP contribution < -0.4 is 4.74 Å². The van der Waals surface area contributed by atoms with Crippen LogP contribution in [0, 0.1) is 0 Å². The Kier molecular flexibility index (Phi) is 6.92. The van der Waals surface area contributed by atoms with Crippen molar-refractivity contribution in [2.75, 3.05) is 26.3 Å². The number of para-hydroxylation sites is 1. The van der Waals surface area contributed by atoms with Crippen molar-refractivity contribution in [3.05, 3.63) is 30.3 Å². The van der Waals surface area contributed by atoms with E-state index in [1.54, 1.807) is 12.1 Å². The van der Waals surface area contributed by atoms with Gasteiger partial charge in [0.05, 0.1) is 13.2 Å². The third-order valence-electron chi connectivity index (χ3n) is 2.72. The fourth-order valence-corrected chi connectivity index (χ4v) is 1.75. The highest BCUT2D eigenvalue weighted by atomic mass is 16.5. The number of carbonyl (C=O) groups is 1. The molecule has 5 nitrogen and oxygen atoms in total. The summed E-state index contributed by atoms with van der Waals surface area (Å²) < 4.78 is 5.64. The van der Waals surface area contributed by atoms with Crippen LogP contribution in [0.3, 0.4) is 0 Å². The van der Waals surface area contributed by atoms with Crippen LogP contribution in [0.4, 0.5) is 0 Å². The average Bonchev–Trinajstić information content (AvgIpc) is 2.45. The second-order valence-corrected chi connectivity index (χ2v) is 4.10. The summed E-state index contributed by atoms with van der Waals surface area (Å²) in [5, 5.41) is 17.9. The van der Waals surface area contributed by atoms with Gasteiger partial charge in [0, 0.05) is 13.1 Å². The Labute approximate surface area is 113 Å². The summed E-state index contributed by atoms with van der Waals surface area (Å²) in [6, 6.07) is 9.13. The first-order valence-electron chi connectivity index (χ1n) is 6.45. The summed E-state index contributed by atoms with van der Waals surface area (Å²) in [5.74, 6) is 0.421. The minimum atomic E-state index is -0.597. The lowest BCUT2D eigenvalue weighted by Crippen LogP contribution is -2.44. The Morgan fingerprint density at radius 2 is 1.79 bits per heavy atom. The second kappa shape index (κ2) is 8.50. The molecule has 0 aromatic heterocycles. The van der Waals surface area contributed by atoms with E-state index in [2.05, 4.69) is 0 Å². The summed E-state index contributed by atoms with van der Waals surface area (Å²) in [7, 11) is 0. The number of carbonyl (C=O) groups excluding carboxylic acids is 1. The number of ether oxygens (including phenoxy) is 1. The van der Waals surface area contributed by atoms with Gasteiger partial charge < -0.3 is 19.8 Å². The maximum absolute atomic E-state index is 12.2. The van der Waals surface area contributed by atoms with Gasteiger partial charge in [-0.05, 0) is 18.6 Å². The molecule has 1 atom stereocenters. The molecule has 0 spiro atoms. The molecule has 2 N–H and O–H groups in total. The van der Waals surface area contributed by atoms with Crippen LogP contribution in [-0.2, 0) is 4.79 Å². The molecule has 0 aliphatic carbocycles. The van der Waals surface area contributed by atoms with E-state index in [0.717, 1.165) is 0 Å². The zero-order valence-electron chi connectivity index (χ0n) is 11.2. The molecular weight excluding hydrogens is 246 g/mol. The van der Waals surface area contributed by atoms with Gasteiger partial charge >= 0.3 is 0 Å². The molecular formula is C14H21NO4. The molecule has 106 valence electrons. The number of rotatable bonds is 8. The third kappa shape index (κ3) is 4.89. The summed E-state index contributed by atoms with van der Waals surface area (Å²) >= 11 is 0. The Hall–Kier alpha value is -1.59. The first kappa shape index (κ1) is 15.5. The van der Waals surface area contributed by atoms with Crippen LogP contribution in [0.2, 0.25) is 0 Å². The maximum Gasteiger partial charge on any atom is 0.263 e. The molecule has 0 fully saturated rings. The van der Waals surface area contributed by atoms with Gasteiger partial charge in [0.2, 0.25) is 0 Å². The summed E-state index contributed by atoms with van der Waals surface area (Å²) in [5.41, 5.74) is 0. The van der Waals surface area contributed by atoms with E-state index >= 15 is 0 Å². The van der Waals surface area contributed by atoms with Gasteiger partial charge in [-0.15, -0.1) is 0 Å². The van der Waals surface area contributed by atoms with Crippen LogP contribution in [0.1, 0.15) is 13.3 Å². The number of amides is 1. The summed E-state index contributed by atoms with van der Waals surface area (Å²) in [6.07, 6.45) is -0.0679. The molecule has 0 aliphatic heterocycles. The molecule has 0 bridgehead atoms. The van der Waals surface area contributed by atoms with Gasteiger partial charge in [-0.2, -0.15) is 0 Å². The molecule has 1 amide bonds. The number of hydrogen-bond acceptors (Lipinski definition) is 4. The van der Waals surface area contributed by atoms with Crippen LogP contribution in [0.5, 0.6) is 5.75 Å². The van der Waals surface area contributed by atoms with Gasteiger partial charge in [0.25, 0.3) is 5.91 Å².